The third kappa shape index (κ3) is 3.49. The Hall–Kier alpha value is -0.0800. The Bertz CT molecular complexity index is 73.5. The lowest BCUT2D eigenvalue weighted by Gasteiger charge is -2.26. The van der Waals surface area contributed by atoms with Gasteiger partial charge in [0, 0.05) is 12.6 Å². The molecular weight excluding hydrogens is 112 g/mol. The summed E-state index contributed by atoms with van der Waals surface area (Å²) >= 11 is 0. The zero-order chi connectivity index (χ0) is 7.49. The molecule has 0 radical (unpaired) electrons. The minimum Gasteiger partial charge on any atom is -0.326 e. The van der Waals surface area contributed by atoms with Crippen LogP contribution in [0.4, 0.5) is 0 Å². The summed E-state index contributed by atoms with van der Waals surface area (Å²) in [7, 11) is 1.92. The molecule has 0 aromatic heterocycles. The predicted molar refractivity (Wildman–Crippen MR) is 41.4 cm³/mol. The number of nitrogens with two attached hydrogens (primary N) is 1. The maximum absolute atomic E-state index is 5.80. The first-order chi connectivity index (χ1) is 3.98. The Kier molecular flexibility index (Phi) is 3.15. The van der Waals surface area contributed by atoms with E-state index in [1.165, 1.54) is 0 Å². The molecule has 0 aromatic rings. The molecule has 0 rings (SSSR count). The third-order valence-electron chi connectivity index (χ3n) is 1.54. The van der Waals surface area contributed by atoms with Crippen molar-refractivity contribution >= 4 is 0 Å². The average Bonchev–Trinajstić information content (AvgIpc) is 1.64. The normalized spacial score (nSPS) is 15.7. The van der Waals surface area contributed by atoms with Crippen LogP contribution in [-0.2, 0) is 0 Å². The van der Waals surface area contributed by atoms with Crippen molar-refractivity contribution in [3.63, 3.8) is 0 Å². The summed E-state index contributed by atoms with van der Waals surface area (Å²) < 4.78 is 0. The first-order valence-corrected chi connectivity index (χ1v) is 3.38. The number of rotatable bonds is 2. The minimum absolute atomic E-state index is 0.225. The smallest absolute Gasteiger partial charge is 0.0214 e. The third-order valence-corrected chi connectivity index (χ3v) is 1.54. The van der Waals surface area contributed by atoms with E-state index < -0.39 is 0 Å². The van der Waals surface area contributed by atoms with Crippen molar-refractivity contribution in [2.75, 3.05) is 13.6 Å². The minimum atomic E-state index is 0.225. The molecule has 0 heterocycles. The average molecular weight is 130 g/mol. The number of hydrogen-bond donors (Lipinski definition) is 2. The summed E-state index contributed by atoms with van der Waals surface area (Å²) in [5.74, 6) is 0. The van der Waals surface area contributed by atoms with Crippen molar-refractivity contribution in [1.82, 2.24) is 5.32 Å². The highest BCUT2D eigenvalue weighted by Gasteiger charge is 2.18. The lowest BCUT2D eigenvalue weighted by molar-refractivity contribution is 0.314. The van der Waals surface area contributed by atoms with E-state index in [9.17, 15) is 0 Å². The van der Waals surface area contributed by atoms with E-state index in [1.807, 2.05) is 7.05 Å². The van der Waals surface area contributed by atoms with Gasteiger partial charge in [0.15, 0.2) is 0 Å². The summed E-state index contributed by atoms with van der Waals surface area (Å²) in [4.78, 5) is 0. The molecule has 1 atom stereocenters. The molecule has 3 N–H and O–H groups in total. The number of likely N-dealkylation sites (N-methyl/N-ethyl adjacent to an activating group) is 1. The van der Waals surface area contributed by atoms with Crippen LogP contribution in [0.25, 0.3) is 0 Å². The van der Waals surface area contributed by atoms with Crippen LogP contribution in [0.5, 0.6) is 0 Å². The summed E-state index contributed by atoms with van der Waals surface area (Å²) in [6.45, 7) is 7.34. The van der Waals surface area contributed by atoms with Crippen molar-refractivity contribution in [2.24, 2.45) is 11.1 Å². The van der Waals surface area contributed by atoms with Gasteiger partial charge in [0.25, 0.3) is 0 Å². The topological polar surface area (TPSA) is 38.0 Å². The van der Waals surface area contributed by atoms with Gasteiger partial charge in [-0.25, -0.2) is 0 Å². The molecule has 0 spiro atoms. The monoisotopic (exact) mass is 130 g/mol. The van der Waals surface area contributed by atoms with Crippen LogP contribution in [0.2, 0.25) is 0 Å². The van der Waals surface area contributed by atoms with Crippen molar-refractivity contribution in [2.45, 2.75) is 26.8 Å². The molecule has 9 heavy (non-hydrogen) atoms. The van der Waals surface area contributed by atoms with Gasteiger partial charge in [-0.2, -0.15) is 0 Å². The summed E-state index contributed by atoms with van der Waals surface area (Å²) in [6.07, 6.45) is 0. The maximum Gasteiger partial charge on any atom is 0.0214 e. The molecule has 0 aromatic carbocycles. The highest BCUT2D eigenvalue weighted by Crippen LogP contribution is 2.15. The predicted octanol–water partition coefficient (Wildman–Crippen LogP) is 0.579. The van der Waals surface area contributed by atoms with Gasteiger partial charge >= 0.3 is 0 Å². The number of nitrogens with one attached hydrogen (secondary N) is 1. The van der Waals surface area contributed by atoms with E-state index in [0.717, 1.165) is 6.54 Å². The Balaban J connectivity index is 3.59. The molecule has 0 aliphatic rings. The second kappa shape index (κ2) is 3.18. The van der Waals surface area contributed by atoms with Crippen molar-refractivity contribution in [1.29, 1.82) is 0 Å². The Labute approximate surface area is 57.8 Å². The molecule has 2 heteroatoms. The molecule has 0 saturated carbocycles. The van der Waals surface area contributed by atoms with Gasteiger partial charge in [0.05, 0.1) is 0 Å². The van der Waals surface area contributed by atoms with Crippen LogP contribution >= 0.6 is 0 Å². The quantitative estimate of drug-likeness (QED) is 0.574. The summed E-state index contributed by atoms with van der Waals surface area (Å²) in [5.41, 5.74) is 6.02. The second-order valence-electron chi connectivity index (χ2n) is 3.53. The van der Waals surface area contributed by atoms with Gasteiger partial charge in [-0.1, -0.05) is 20.8 Å². The zero-order valence-electron chi connectivity index (χ0n) is 6.86. The molecular formula is C7H18N2. The van der Waals surface area contributed by atoms with Gasteiger partial charge in [0.2, 0.25) is 0 Å². The Morgan fingerprint density at radius 3 is 2.00 bits per heavy atom. The molecule has 0 unspecified atom stereocenters. The van der Waals surface area contributed by atoms with Crippen LogP contribution in [-0.4, -0.2) is 19.6 Å². The largest absolute Gasteiger partial charge is 0.326 e. The van der Waals surface area contributed by atoms with Crippen molar-refractivity contribution in [3.05, 3.63) is 0 Å². The van der Waals surface area contributed by atoms with E-state index in [-0.39, 0.29) is 11.5 Å². The molecule has 56 valence electrons. The summed E-state index contributed by atoms with van der Waals surface area (Å²) in [6, 6.07) is 0.252. The molecule has 0 saturated heterocycles. The Morgan fingerprint density at radius 2 is 1.89 bits per heavy atom. The van der Waals surface area contributed by atoms with Crippen molar-refractivity contribution < 1.29 is 0 Å². The van der Waals surface area contributed by atoms with Crippen LogP contribution in [0.1, 0.15) is 20.8 Å². The molecule has 0 bridgehead atoms. The first-order valence-electron chi connectivity index (χ1n) is 3.38. The van der Waals surface area contributed by atoms with Crippen LogP contribution in [0, 0.1) is 5.41 Å². The lowest BCUT2D eigenvalue weighted by Crippen LogP contribution is -2.42. The van der Waals surface area contributed by atoms with E-state index in [4.69, 9.17) is 5.73 Å². The highest BCUT2D eigenvalue weighted by molar-refractivity contribution is 4.77. The standard InChI is InChI=1S/C7H18N2/c1-7(2,3)6(8)5-9-4/h6,9H,5,8H2,1-4H3/t6-/m0/s1. The highest BCUT2D eigenvalue weighted by atomic mass is 14.9. The molecule has 0 aliphatic carbocycles. The second-order valence-corrected chi connectivity index (χ2v) is 3.53. The van der Waals surface area contributed by atoms with E-state index in [0.29, 0.717) is 0 Å². The van der Waals surface area contributed by atoms with Gasteiger partial charge in [-0.05, 0) is 12.5 Å². The molecule has 0 fully saturated rings. The van der Waals surface area contributed by atoms with Gasteiger partial charge < -0.3 is 11.1 Å². The van der Waals surface area contributed by atoms with Gasteiger partial charge in [-0.15, -0.1) is 0 Å². The number of hydrogen-bond acceptors (Lipinski definition) is 2. The fraction of sp³-hybridized carbons (Fsp3) is 1.00. The first kappa shape index (κ1) is 8.92. The van der Waals surface area contributed by atoms with Crippen LogP contribution in [0.15, 0.2) is 0 Å². The fourth-order valence-electron chi connectivity index (χ4n) is 0.526. The fourth-order valence-corrected chi connectivity index (χ4v) is 0.526. The SMILES string of the molecule is CNC[C@H](N)C(C)(C)C. The van der Waals surface area contributed by atoms with E-state index >= 15 is 0 Å². The van der Waals surface area contributed by atoms with E-state index in [1.54, 1.807) is 0 Å². The maximum atomic E-state index is 5.80. The van der Waals surface area contributed by atoms with Gasteiger partial charge in [-0.3, -0.25) is 0 Å². The van der Waals surface area contributed by atoms with Crippen LogP contribution < -0.4 is 11.1 Å². The Morgan fingerprint density at radius 1 is 1.44 bits per heavy atom. The van der Waals surface area contributed by atoms with Crippen LogP contribution in [0.3, 0.4) is 0 Å². The lowest BCUT2D eigenvalue weighted by atomic mass is 9.87. The van der Waals surface area contributed by atoms with Gasteiger partial charge in [0.1, 0.15) is 0 Å². The van der Waals surface area contributed by atoms with Crippen molar-refractivity contribution in [3.8, 4) is 0 Å². The van der Waals surface area contributed by atoms with E-state index in [2.05, 4.69) is 26.1 Å². The summed E-state index contributed by atoms with van der Waals surface area (Å²) in [5, 5.41) is 3.05. The molecule has 0 aliphatic heterocycles. The zero-order valence-corrected chi connectivity index (χ0v) is 6.86. The molecule has 2 nitrogen and oxygen atoms in total. The molecule has 0 amide bonds.